The van der Waals surface area contributed by atoms with E-state index in [9.17, 15) is 14.4 Å². The van der Waals surface area contributed by atoms with Gasteiger partial charge in [-0.25, -0.2) is 0 Å². The van der Waals surface area contributed by atoms with Gasteiger partial charge in [0, 0.05) is 31.3 Å². The number of carbonyl (C=O) groups is 3. The molecule has 1 saturated heterocycles. The first-order valence-electron chi connectivity index (χ1n) is 5.73. The van der Waals surface area contributed by atoms with Crippen LogP contribution in [-0.4, -0.2) is 42.6 Å². The standard InChI is InChI=1S/C13H14N2O3/c1-10(17)14-6-7-15(13(18)8-14)12-4-2-11(9-16)3-5-12/h2-5,9H,6-8H2,1H3. The molecule has 0 N–H and O–H groups in total. The number of hydrogen-bond acceptors (Lipinski definition) is 3. The topological polar surface area (TPSA) is 57.7 Å². The van der Waals surface area contributed by atoms with E-state index in [1.165, 1.54) is 11.8 Å². The number of aldehydes is 1. The van der Waals surface area contributed by atoms with E-state index in [0.29, 0.717) is 18.7 Å². The summed E-state index contributed by atoms with van der Waals surface area (Å²) in [5, 5.41) is 0. The number of benzene rings is 1. The number of nitrogens with zero attached hydrogens (tertiary/aromatic N) is 2. The van der Waals surface area contributed by atoms with Gasteiger partial charge in [0.15, 0.2) is 0 Å². The number of rotatable bonds is 2. The lowest BCUT2D eigenvalue weighted by Gasteiger charge is -2.33. The summed E-state index contributed by atoms with van der Waals surface area (Å²) in [5.41, 5.74) is 1.34. The van der Waals surface area contributed by atoms with Gasteiger partial charge in [0.2, 0.25) is 11.8 Å². The minimum absolute atomic E-state index is 0.0840. The molecular weight excluding hydrogens is 232 g/mol. The molecule has 2 rings (SSSR count). The molecule has 1 aromatic rings. The molecule has 5 nitrogen and oxygen atoms in total. The highest BCUT2D eigenvalue weighted by Gasteiger charge is 2.26. The molecule has 0 saturated carbocycles. The van der Waals surface area contributed by atoms with E-state index < -0.39 is 0 Å². The largest absolute Gasteiger partial charge is 0.332 e. The summed E-state index contributed by atoms with van der Waals surface area (Å²) in [6, 6.07) is 6.83. The van der Waals surface area contributed by atoms with Crippen molar-refractivity contribution in [3.05, 3.63) is 29.8 Å². The molecule has 0 spiro atoms. The zero-order valence-electron chi connectivity index (χ0n) is 10.1. The first kappa shape index (κ1) is 12.3. The molecule has 1 aromatic carbocycles. The van der Waals surface area contributed by atoms with Crippen LogP contribution in [0.1, 0.15) is 17.3 Å². The second kappa shape index (κ2) is 5.00. The number of hydrogen-bond donors (Lipinski definition) is 0. The predicted octanol–water partition coefficient (Wildman–Crippen LogP) is 0.694. The van der Waals surface area contributed by atoms with Crippen LogP contribution in [0, 0.1) is 0 Å². The Bertz CT molecular complexity index is 482. The molecule has 1 aliphatic heterocycles. The second-order valence-corrected chi connectivity index (χ2v) is 4.20. The molecule has 0 bridgehead atoms. The van der Waals surface area contributed by atoms with Crippen molar-refractivity contribution in [3.63, 3.8) is 0 Å². The van der Waals surface area contributed by atoms with Gasteiger partial charge in [-0.1, -0.05) is 0 Å². The summed E-state index contributed by atoms with van der Waals surface area (Å²) < 4.78 is 0. The normalized spacial score (nSPS) is 15.7. The maximum absolute atomic E-state index is 11.9. The van der Waals surface area contributed by atoms with Crippen molar-refractivity contribution < 1.29 is 14.4 Å². The van der Waals surface area contributed by atoms with E-state index >= 15 is 0 Å². The SMILES string of the molecule is CC(=O)N1CCN(c2ccc(C=O)cc2)C(=O)C1. The highest BCUT2D eigenvalue weighted by molar-refractivity contribution is 5.97. The lowest BCUT2D eigenvalue weighted by molar-refractivity contribution is -0.135. The Kier molecular flexibility index (Phi) is 3.41. The van der Waals surface area contributed by atoms with E-state index in [1.807, 2.05) is 0 Å². The number of anilines is 1. The zero-order chi connectivity index (χ0) is 13.1. The first-order valence-corrected chi connectivity index (χ1v) is 5.73. The van der Waals surface area contributed by atoms with E-state index in [0.717, 1.165) is 12.0 Å². The Hall–Kier alpha value is -2.17. The van der Waals surface area contributed by atoms with Gasteiger partial charge in [0.25, 0.3) is 0 Å². The molecule has 2 amide bonds. The van der Waals surface area contributed by atoms with Gasteiger partial charge in [0.05, 0.1) is 0 Å². The molecule has 0 atom stereocenters. The van der Waals surface area contributed by atoms with Gasteiger partial charge in [-0.05, 0) is 24.3 Å². The zero-order valence-corrected chi connectivity index (χ0v) is 10.1. The molecule has 5 heteroatoms. The Morgan fingerprint density at radius 3 is 2.39 bits per heavy atom. The summed E-state index contributed by atoms with van der Waals surface area (Å²) >= 11 is 0. The van der Waals surface area contributed by atoms with Crippen LogP contribution in [0.15, 0.2) is 24.3 Å². The van der Waals surface area contributed by atoms with Crippen molar-refractivity contribution in [3.8, 4) is 0 Å². The maximum Gasteiger partial charge on any atom is 0.246 e. The number of carbonyl (C=O) groups excluding carboxylic acids is 3. The molecule has 0 unspecified atom stereocenters. The summed E-state index contributed by atoms with van der Waals surface area (Å²) in [5.74, 6) is -0.186. The Morgan fingerprint density at radius 1 is 1.22 bits per heavy atom. The first-order chi connectivity index (χ1) is 8.61. The summed E-state index contributed by atoms with van der Waals surface area (Å²) in [6.07, 6.45) is 0.763. The fraction of sp³-hybridized carbons (Fsp3) is 0.308. The van der Waals surface area contributed by atoms with Crippen LogP contribution in [-0.2, 0) is 9.59 Å². The van der Waals surface area contributed by atoms with Crippen LogP contribution in [0.4, 0.5) is 5.69 Å². The minimum atomic E-state index is -0.102. The lowest BCUT2D eigenvalue weighted by Crippen LogP contribution is -2.51. The molecule has 18 heavy (non-hydrogen) atoms. The number of piperazine rings is 1. The molecule has 1 heterocycles. The Labute approximate surface area is 105 Å². The van der Waals surface area contributed by atoms with Crippen LogP contribution < -0.4 is 4.90 Å². The van der Waals surface area contributed by atoms with Crippen molar-refractivity contribution in [1.29, 1.82) is 0 Å². The van der Waals surface area contributed by atoms with Gasteiger partial charge in [0.1, 0.15) is 12.8 Å². The number of amides is 2. The highest BCUT2D eigenvalue weighted by atomic mass is 16.2. The molecule has 0 aromatic heterocycles. The van der Waals surface area contributed by atoms with Crippen molar-refractivity contribution in [1.82, 2.24) is 4.90 Å². The smallest absolute Gasteiger partial charge is 0.246 e. The fourth-order valence-corrected chi connectivity index (χ4v) is 1.95. The molecular formula is C13H14N2O3. The van der Waals surface area contributed by atoms with E-state index in [4.69, 9.17) is 0 Å². The van der Waals surface area contributed by atoms with Crippen molar-refractivity contribution >= 4 is 23.8 Å². The molecule has 0 radical (unpaired) electrons. The van der Waals surface area contributed by atoms with Gasteiger partial charge in [-0.2, -0.15) is 0 Å². The Balaban J connectivity index is 2.12. The van der Waals surface area contributed by atoms with Gasteiger partial charge in [-0.15, -0.1) is 0 Å². The Morgan fingerprint density at radius 2 is 1.89 bits per heavy atom. The molecule has 94 valence electrons. The lowest BCUT2D eigenvalue weighted by atomic mass is 10.2. The van der Waals surface area contributed by atoms with Crippen molar-refractivity contribution in [2.75, 3.05) is 24.5 Å². The monoisotopic (exact) mass is 246 g/mol. The maximum atomic E-state index is 11.9. The molecule has 1 fully saturated rings. The van der Waals surface area contributed by atoms with E-state index in [2.05, 4.69) is 0 Å². The van der Waals surface area contributed by atoms with Gasteiger partial charge in [-0.3, -0.25) is 14.4 Å². The summed E-state index contributed by atoms with van der Waals surface area (Å²) in [6.45, 7) is 2.60. The average Bonchev–Trinajstić information content (AvgIpc) is 2.38. The third-order valence-corrected chi connectivity index (χ3v) is 3.01. The van der Waals surface area contributed by atoms with Crippen LogP contribution in [0.25, 0.3) is 0 Å². The van der Waals surface area contributed by atoms with E-state index in [-0.39, 0.29) is 18.4 Å². The quantitative estimate of drug-likeness (QED) is 0.721. The average molecular weight is 246 g/mol. The molecule has 1 aliphatic rings. The van der Waals surface area contributed by atoms with Crippen molar-refractivity contribution in [2.45, 2.75) is 6.92 Å². The third-order valence-electron chi connectivity index (χ3n) is 3.01. The van der Waals surface area contributed by atoms with Crippen molar-refractivity contribution in [2.24, 2.45) is 0 Å². The molecule has 0 aliphatic carbocycles. The predicted molar refractivity (Wildman–Crippen MR) is 66.4 cm³/mol. The van der Waals surface area contributed by atoms with Crippen LogP contribution in [0.3, 0.4) is 0 Å². The highest BCUT2D eigenvalue weighted by Crippen LogP contribution is 2.17. The third kappa shape index (κ3) is 2.40. The minimum Gasteiger partial charge on any atom is -0.332 e. The van der Waals surface area contributed by atoms with Crippen LogP contribution in [0.5, 0.6) is 0 Å². The summed E-state index contributed by atoms with van der Waals surface area (Å²) in [4.78, 5) is 36.8. The van der Waals surface area contributed by atoms with E-state index in [1.54, 1.807) is 29.2 Å². The van der Waals surface area contributed by atoms with Crippen LogP contribution in [0.2, 0.25) is 0 Å². The second-order valence-electron chi connectivity index (χ2n) is 4.20. The summed E-state index contributed by atoms with van der Waals surface area (Å²) in [7, 11) is 0. The van der Waals surface area contributed by atoms with Crippen LogP contribution >= 0.6 is 0 Å². The van der Waals surface area contributed by atoms with Gasteiger partial charge < -0.3 is 9.80 Å². The fourth-order valence-electron chi connectivity index (χ4n) is 1.95. The van der Waals surface area contributed by atoms with Gasteiger partial charge >= 0.3 is 0 Å².